The highest BCUT2D eigenvalue weighted by molar-refractivity contribution is 9.10. The number of benzene rings is 1. The van der Waals surface area contributed by atoms with Gasteiger partial charge in [0.1, 0.15) is 11.0 Å². The molecule has 5 nitrogen and oxygen atoms in total. The summed E-state index contributed by atoms with van der Waals surface area (Å²) >= 11 is 3.36. The van der Waals surface area contributed by atoms with Crippen LogP contribution in [0, 0.1) is 0 Å². The first-order chi connectivity index (χ1) is 11.7. The van der Waals surface area contributed by atoms with Crippen LogP contribution in [0.3, 0.4) is 0 Å². The van der Waals surface area contributed by atoms with Gasteiger partial charge in [0.2, 0.25) is 0 Å². The maximum Gasteiger partial charge on any atom is 0.163 e. The summed E-state index contributed by atoms with van der Waals surface area (Å²) in [4.78, 5) is 0. The molecule has 2 atom stereocenters. The van der Waals surface area contributed by atoms with Gasteiger partial charge < -0.3 is 15.3 Å². The zero-order chi connectivity index (χ0) is 18.8. The minimum Gasteiger partial charge on any atom is -0.507 e. The zero-order valence-electron chi connectivity index (χ0n) is 14.2. The Morgan fingerprint density at radius 3 is 2.76 bits per heavy atom. The van der Waals surface area contributed by atoms with Gasteiger partial charge in [-0.2, -0.15) is 0 Å². The van der Waals surface area contributed by atoms with E-state index in [9.17, 15) is 23.7 Å². The summed E-state index contributed by atoms with van der Waals surface area (Å²) in [5.74, 6) is 0.0645. The second-order valence-corrected chi connectivity index (χ2v) is 9.56. The van der Waals surface area contributed by atoms with Crippen molar-refractivity contribution in [2.24, 2.45) is 0 Å². The van der Waals surface area contributed by atoms with Crippen LogP contribution >= 0.6 is 15.9 Å². The number of aliphatic hydroxyl groups excluding tert-OH is 2. The van der Waals surface area contributed by atoms with Crippen molar-refractivity contribution in [1.82, 2.24) is 0 Å². The van der Waals surface area contributed by atoms with E-state index in [1.54, 1.807) is 25.1 Å². The van der Waals surface area contributed by atoms with Gasteiger partial charge in [-0.15, -0.1) is 0 Å². The Balaban J connectivity index is 2.09. The second-order valence-electron chi connectivity index (χ2n) is 6.46. The summed E-state index contributed by atoms with van der Waals surface area (Å²) < 4.78 is 24.9. The summed E-state index contributed by atoms with van der Waals surface area (Å²) in [5.41, 5.74) is 2.68. The Bertz CT molecular complexity index is 811. The Morgan fingerprint density at radius 1 is 1.44 bits per heavy atom. The molecule has 0 aromatic heterocycles. The molecule has 0 bridgehead atoms. The molecule has 0 fully saturated rings. The standard InChI is InChI=1S/C18H23BrO5S/c1-11(7-13-8-14(19)4-6-15(13)21)3-5-16(22)18-12(2)10-25(23,24)17(18)9-20/h4,6-8,16-17,20-22H,3,5,9-10H2,1-2H3/b11-7+/t16-,17+/m1/s1. The highest BCUT2D eigenvalue weighted by Crippen LogP contribution is 2.32. The van der Waals surface area contributed by atoms with Crippen LogP contribution in [-0.2, 0) is 9.84 Å². The molecule has 0 radical (unpaired) electrons. The van der Waals surface area contributed by atoms with Crippen LogP contribution in [0.4, 0.5) is 0 Å². The van der Waals surface area contributed by atoms with Gasteiger partial charge >= 0.3 is 0 Å². The molecular formula is C18H23BrO5S. The Hall–Kier alpha value is -1.15. The minimum atomic E-state index is -3.41. The van der Waals surface area contributed by atoms with Crippen LogP contribution in [0.25, 0.3) is 6.08 Å². The third kappa shape index (κ3) is 4.73. The smallest absolute Gasteiger partial charge is 0.163 e. The van der Waals surface area contributed by atoms with Crippen LogP contribution in [-0.4, -0.2) is 47.5 Å². The lowest BCUT2D eigenvalue weighted by atomic mass is 9.96. The molecule has 7 heteroatoms. The Kier molecular flexibility index (Phi) is 6.48. The first kappa shape index (κ1) is 20.2. The largest absolute Gasteiger partial charge is 0.507 e. The predicted molar refractivity (Wildman–Crippen MR) is 102 cm³/mol. The fourth-order valence-corrected chi connectivity index (χ4v) is 5.49. The third-order valence-corrected chi connectivity index (χ3v) is 7.02. The average molecular weight is 431 g/mol. The van der Waals surface area contributed by atoms with Gasteiger partial charge in [0, 0.05) is 10.0 Å². The molecule has 0 aliphatic carbocycles. The summed E-state index contributed by atoms with van der Waals surface area (Å²) in [6, 6.07) is 5.14. The second kappa shape index (κ2) is 8.03. The highest BCUT2D eigenvalue weighted by Gasteiger charge is 2.39. The van der Waals surface area contributed by atoms with Crippen molar-refractivity contribution in [2.45, 2.75) is 38.0 Å². The summed E-state index contributed by atoms with van der Waals surface area (Å²) in [5, 5.41) is 28.7. The van der Waals surface area contributed by atoms with E-state index in [-0.39, 0.29) is 11.5 Å². The maximum absolute atomic E-state index is 12.0. The third-order valence-electron chi connectivity index (χ3n) is 4.42. The maximum atomic E-state index is 12.0. The van der Waals surface area contributed by atoms with E-state index >= 15 is 0 Å². The van der Waals surface area contributed by atoms with Crippen LogP contribution in [0.1, 0.15) is 32.3 Å². The lowest BCUT2D eigenvalue weighted by molar-refractivity contribution is 0.189. The van der Waals surface area contributed by atoms with E-state index in [1.807, 2.05) is 13.0 Å². The van der Waals surface area contributed by atoms with E-state index in [0.717, 1.165) is 10.0 Å². The van der Waals surface area contributed by atoms with Gasteiger partial charge in [-0.05, 0) is 50.5 Å². The number of hydrogen-bond donors (Lipinski definition) is 3. The Labute approximate surface area is 156 Å². The quantitative estimate of drug-likeness (QED) is 0.603. The number of phenols is 1. The van der Waals surface area contributed by atoms with Gasteiger partial charge in [-0.25, -0.2) is 8.42 Å². The molecule has 0 unspecified atom stereocenters. The topological polar surface area (TPSA) is 94.8 Å². The normalized spacial score (nSPS) is 21.6. The fraction of sp³-hybridized carbons (Fsp3) is 0.444. The van der Waals surface area contributed by atoms with Gasteiger partial charge in [-0.1, -0.05) is 33.2 Å². The molecule has 1 aromatic carbocycles. The van der Waals surface area contributed by atoms with Crippen molar-refractivity contribution >= 4 is 31.8 Å². The van der Waals surface area contributed by atoms with Crippen molar-refractivity contribution in [3.8, 4) is 5.75 Å². The number of rotatable bonds is 6. The van der Waals surface area contributed by atoms with Crippen LogP contribution in [0.15, 0.2) is 39.4 Å². The molecule has 0 spiro atoms. The number of aromatic hydroxyl groups is 1. The molecule has 1 heterocycles. The molecule has 0 saturated heterocycles. The number of sulfone groups is 1. The first-order valence-corrected chi connectivity index (χ1v) is 10.5. The van der Waals surface area contributed by atoms with Crippen molar-refractivity contribution in [2.75, 3.05) is 12.4 Å². The minimum absolute atomic E-state index is 0.106. The SMILES string of the molecule is CC1=C([C@H](O)CC/C(C)=C/c2cc(Br)ccc2O)[C@H](CO)S(=O)(=O)C1. The molecule has 0 amide bonds. The molecule has 3 N–H and O–H groups in total. The zero-order valence-corrected chi connectivity index (χ0v) is 16.6. The number of aliphatic hydroxyl groups is 2. The van der Waals surface area contributed by atoms with Gasteiger partial charge in [0.15, 0.2) is 9.84 Å². The van der Waals surface area contributed by atoms with Gasteiger partial charge in [0.05, 0.1) is 18.5 Å². The predicted octanol–water partition coefficient (Wildman–Crippen LogP) is 2.80. The number of halogens is 1. The van der Waals surface area contributed by atoms with Crippen molar-refractivity contribution in [3.05, 3.63) is 45.0 Å². The lowest BCUT2D eigenvalue weighted by Crippen LogP contribution is -2.29. The molecule has 1 aliphatic heterocycles. The van der Waals surface area contributed by atoms with Crippen molar-refractivity contribution < 1.29 is 23.7 Å². The number of hydrogen-bond acceptors (Lipinski definition) is 5. The summed E-state index contributed by atoms with van der Waals surface area (Å²) in [7, 11) is -3.41. The molecular weight excluding hydrogens is 408 g/mol. The number of allylic oxidation sites excluding steroid dienone is 1. The van der Waals surface area contributed by atoms with E-state index in [4.69, 9.17) is 0 Å². The summed E-state index contributed by atoms with van der Waals surface area (Å²) in [6.45, 7) is 3.07. The number of phenolic OH excluding ortho intramolecular Hbond substituents is 1. The average Bonchev–Trinajstić information content (AvgIpc) is 2.76. The first-order valence-electron chi connectivity index (χ1n) is 8.01. The molecule has 25 heavy (non-hydrogen) atoms. The molecule has 1 aromatic rings. The summed E-state index contributed by atoms with van der Waals surface area (Å²) in [6.07, 6.45) is 1.83. The van der Waals surface area contributed by atoms with Crippen molar-refractivity contribution in [3.63, 3.8) is 0 Å². The molecule has 1 aliphatic rings. The van der Waals surface area contributed by atoms with Crippen LogP contribution in [0.5, 0.6) is 5.75 Å². The monoisotopic (exact) mass is 430 g/mol. The van der Waals surface area contributed by atoms with E-state index in [2.05, 4.69) is 15.9 Å². The van der Waals surface area contributed by atoms with Crippen molar-refractivity contribution in [1.29, 1.82) is 0 Å². The van der Waals surface area contributed by atoms with E-state index < -0.39 is 27.8 Å². The molecule has 2 rings (SSSR count). The Morgan fingerprint density at radius 2 is 2.12 bits per heavy atom. The van der Waals surface area contributed by atoms with Gasteiger partial charge in [0.25, 0.3) is 0 Å². The van der Waals surface area contributed by atoms with E-state index in [0.29, 0.717) is 29.6 Å². The fourth-order valence-electron chi connectivity index (χ4n) is 3.16. The van der Waals surface area contributed by atoms with Gasteiger partial charge in [-0.3, -0.25) is 0 Å². The van der Waals surface area contributed by atoms with Crippen LogP contribution in [0.2, 0.25) is 0 Å². The molecule has 138 valence electrons. The van der Waals surface area contributed by atoms with Crippen LogP contribution < -0.4 is 0 Å². The lowest BCUT2D eigenvalue weighted by Gasteiger charge is -2.18. The molecule has 0 saturated carbocycles. The van der Waals surface area contributed by atoms with E-state index in [1.165, 1.54) is 0 Å². The highest BCUT2D eigenvalue weighted by atomic mass is 79.9.